The number of aromatic amines is 1. The molecule has 5 nitrogen and oxygen atoms in total. The van der Waals surface area contributed by atoms with Crippen molar-refractivity contribution >= 4 is 27.8 Å². The van der Waals surface area contributed by atoms with E-state index >= 15 is 0 Å². The summed E-state index contributed by atoms with van der Waals surface area (Å²) in [7, 11) is 0. The average Bonchev–Trinajstić information content (AvgIpc) is 3.10. The van der Waals surface area contributed by atoms with Crippen molar-refractivity contribution in [2.45, 2.75) is 19.9 Å². The average molecular weight is 309 g/mol. The second-order valence-corrected chi connectivity index (χ2v) is 5.89. The molecule has 0 fully saturated rings. The van der Waals surface area contributed by atoms with Crippen molar-refractivity contribution in [1.82, 2.24) is 19.5 Å². The molecule has 0 aliphatic carbocycles. The van der Waals surface area contributed by atoms with E-state index in [4.69, 9.17) is 5.73 Å². The third-order valence-electron chi connectivity index (χ3n) is 4.08. The van der Waals surface area contributed by atoms with Gasteiger partial charge in [0.2, 0.25) is 0 Å². The van der Waals surface area contributed by atoms with E-state index in [0.29, 0.717) is 28.6 Å². The smallest absolute Gasteiger partial charge is 0.142 e. The van der Waals surface area contributed by atoms with Crippen LogP contribution in [-0.2, 0) is 0 Å². The molecule has 23 heavy (non-hydrogen) atoms. The molecule has 4 heterocycles. The SMILES string of the molecule is CC(C)n1ccc2c(N)nc(-c3c[nH]c4ncc(F)cc34)cc21. The minimum absolute atomic E-state index is 0.309. The molecule has 6 heteroatoms. The molecule has 0 aliphatic rings. The van der Waals surface area contributed by atoms with Gasteiger partial charge in [-0.25, -0.2) is 14.4 Å². The van der Waals surface area contributed by atoms with E-state index in [9.17, 15) is 4.39 Å². The minimum atomic E-state index is -0.377. The topological polar surface area (TPSA) is 72.5 Å². The van der Waals surface area contributed by atoms with Gasteiger partial charge in [0.25, 0.3) is 0 Å². The maximum atomic E-state index is 13.5. The summed E-state index contributed by atoms with van der Waals surface area (Å²) in [6, 6.07) is 5.72. The Labute approximate surface area is 132 Å². The highest BCUT2D eigenvalue weighted by molar-refractivity contribution is 5.97. The number of anilines is 1. The number of H-pyrrole nitrogens is 1. The molecule has 4 rings (SSSR count). The number of nitrogens with zero attached hydrogens (tertiary/aromatic N) is 3. The van der Waals surface area contributed by atoms with Crippen LogP contribution in [0.15, 0.2) is 36.8 Å². The summed E-state index contributed by atoms with van der Waals surface area (Å²) < 4.78 is 15.7. The molecule has 3 N–H and O–H groups in total. The molecular weight excluding hydrogens is 293 g/mol. The third kappa shape index (κ3) is 2.06. The Balaban J connectivity index is 2.00. The number of rotatable bonds is 2. The monoisotopic (exact) mass is 309 g/mol. The Hall–Kier alpha value is -2.89. The van der Waals surface area contributed by atoms with E-state index in [2.05, 4.69) is 33.4 Å². The van der Waals surface area contributed by atoms with E-state index in [-0.39, 0.29) is 5.82 Å². The summed E-state index contributed by atoms with van der Waals surface area (Å²) in [6.07, 6.45) is 4.98. The molecule has 0 aromatic carbocycles. The second-order valence-electron chi connectivity index (χ2n) is 5.89. The molecule has 0 atom stereocenters. The van der Waals surface area contributed by atoms with Crippen LogP contribution in [0.4, 0.5) is 10.2 Å². The van der Waals surface area contributed by atoms with Crippen molar-refractivity contribution in [2.24, 2.45) is 0 Å². The Morgan fingerprint density at radius 2 is 2.09 bits per heavy atom. The van der Waals surface area contributed by atoms with Crippen molar-refractivity contribution in [1.29, 1.82) is 0 Å². The van der Waals surface area contributed by atoms with Gasteiger partial charge < -0.3 is 15.3 Å². The highest BCUT2D eigenvalue weighted by Gasteiger charge is 2.14. The van der Waals surface area contributed by atoms with Crippen LogP contribution in [0.1, 0.15) is 19.9 Å². The standard InChI is InChI=1S/C17H16FN5/c1-9(2)23-4-3-11-15(23)6-14(22-16(11)19)13-8-21-17-12(13)5-10(18)7-20-17/h3-9H,1-2H3,(H2,19,22)(H,20,21). The molecule has 4 aromatic rings. The Kier molecular flexibility index (Phi) is 2.87. The number of hydrogen-bond donors (Lipinski definition) is 2. The van der Waals surface area contributed by atoms with Gasteiger partial charge in [-0.3, -0.25) is 0 Å². The summed E-state index contributed by atoms with van der Waals surface area (Å²) >= 11 is 0. The van der Waals surface area contributed by atoms with E-state index in [0.717, 1.165) is 16.5 Å². The van der Waals surface area contributed by atoms with Crippen molar-refractivity contribution in [2.75, 3.05) is 5.73 Å². The maximum Gasteiger partial charge on any atom is 0.142 e. The van der Waals surface area contributed by atoms with Gasteiger partial charge in [-0.2, -0.15) is 0 Å². The number of halogens is 1. The lowest BCUT2D eigenvalue weighted by Crippen LogP contribution is -2.00. The molecule has 4 aromatic heterocycles. The molecule has 0 amide bonds. The van der Waals surface area contributed by atoms with E-state index < -0.39 is 0 Å². The van der Waals surface area contributed by atoms with E-state index in [1.165, 1.54) is 12.3 Å². The molecule has 0 spiro atoms. The molecule has 0 saturated carbocycles. The minimum Gasteiger partial charge on any atom is -0.383 e. The number of nitrogens with one attached hydrogen (secondary N) is 1. The summed E-state index contributed by atoms with van der Waals surface area (Å²) in [5, 5.41) is 1.62. The number of nitrogens with two attached hydrogens (primary N) is 1. The van der Waals surface area contributed by atoms with Crippen molar-refractivity contribution < 1.29 is 4.39 Å². The fourth-order valence-corrected chi connectivity index (χ4v) is 2.96. The maximum absolute atomic E-state index is 13.5. The van der Waals surface area contributed by atoms with Crippen molar-refractivity contribution in [3.63, 3.8) is 0 Å². The lowest BCUT2D eigenvalue weighted by molar-refractivity contribution is 0.623. The van der Waals surface area contributed by atoms with Crippen molar-refractivity contribution in [3.05, 3.63) is 42.6 Å². The second kappa shape index (κ2) is 4.81. The number of aromatic nitrogens is 4. The van der Waals surface area contributed by atoms with Gasteiger partial charge in [0, 0.05) is 34.8 Å². The summed E-state index contributed by atoms with van der Waals surface area (Å²) in [6.45, 7) is 4.22. The molecule has 0 bridgehead atoms. The summed E-state index contributed by atoms with van der Waals surface area (Å²) in [4.78, 5) is 11.6. The Morgan fingerprint density at radius 1 is 1.26 bits per heavy atom. The first kappa shape index (κ1) is 13.8. The molecule has 0 unspecified atom stereocenters. The zero-order valence-electron chi connectivity index (χ0n) is 12.8. The van der Waals surface area contributed by atoms with Gasteiger partial charge in [-0.1, -0.05) is 0 Å². The Bertz CT molecular complexity index is 1030. The lowest BCUT2D eigenvalue weighted by atomic mass is 10.1. The number of fused-ring (bicyclic) bond motifs is 2. The molecule has 116 valence electrons. The fourth-order valence-electron chi connectivity index (χ4n) is 2.96. The van der Waals surface area contributed by atoms with E-state index in [1.807, 2.05) is 18.3 Å². The van der Waals surface area contributed by atoms with Gasteiger partial charge in [0.05, 0.1) is 17.4 Å². The molecule has 0 radical (unpaired) electrons. The summed E-state index contributed by atoms with van der Waals surface area (Å²) in [5.41, 5.74) is 9.26. The van der Waals surface area contributed by atoms with Gasteiger partial charge >= 0.3 is 0 Å². The van der Waals surface area contributed by atoms with Crippen LogP contribution < -0.4 is 5.73 Å². The number of pyridine rings is 2. The van der Waals surface area contributed by atoms with Crippen LogP contribution >= 0.6 is 0 Å². The molecule has 0 aliphatic heterocycles. The first-order valence-corrected chi connectivity index (χ1v) is 7.44. The van der Waals surface area contributed by atoms with Gasteiger partial charge in [0.15, 0.2) is 0 Å². The van der Waals surface area contributed by atoms with Crippen LogP contribution in [0.2, 0.25) is 0 Å². The largest absolute Gasteiger partial charge is 0.383 e. The summed E-state index contributed by atoms with van der Waals surface area (Å²) in [5.74, 6) is 0.0913. The highest BCUT2D eigenvalue weighted by Crippen LogP contribution is 2.32. The zero-order valence-corrected chi connectivity index (χ0v) is 12.8. The fraction of sp³-hybridized carbons (Fsp3) is 0.176. The van der Waals surface area contributed by atoms with Gasteiger partial charge in [-0.15, -0.1) is 0 Å². The normalized spacial score (nSPS) is 11.8. The van der Waals surface area contributed by atoms with E-state index in [1.54, 1.807) is 6.20 Å². The first-order valence-electron chi connectivity index (χ1n) is 7.44. The lowest BCUT2D eigenvalue weighted by Gasteiger charge is -2.11. The van der Waals surface area contributed by atoms with Crippen molar-refractivity contribution in [3.8, 4) is 11.3 Å². The first-order chi connectivity index (χ1) is 11.0. The zero-order chi connectivity index (χ0) is 16.1. The van der Waals surface area contributed by atoms with Crippen LogP contribution in [0.5, 0.6) is 0 Å². The van der Waals surface area contributed by atoms with Crippen LogP contribution in [0.3, 0.4) is 0 Å². The van der Waals surface area contributed by atoms with Gasteiger partial charge in [-0.05, 0) is 32.0 Å². The Morgan fingerprint density at radius 3 is 2.87 bits per heavy atom. The van der Waals surface area contributed by atoms with Crippen LogP contribution in [-0.4, -0.2) is 19.5 Å². The molecule has 0 saturated heterocycles. The predicted octanol–water partition coefficient (Wildman–Crippen LogP) is 3.88. The quantitative estimate of drug-likeness (QED) is 0.590. The van der Waals surface area contributed by atoms with Crippen LogP contribution in [0, 0.1) is 5.82 Å². The van der Waals surface area contributed by atoms with Gasteiger partial charge in [0.1, 0.15) is 17.3 Å². The number of nitrogen functional groups attached to an aromatic ring is 1. The molecular formula is C17H16FN5. The predicted molar refractivity (Wildman–Crippen MR) is 89.6 cm³/mol. The highest BCUT2D eigenvalue weighted by atomic mass is 19.1. The third-order valence-corrected chi connectivity index (χ3v) is 4.08. The van der Waals surface area contributed by atoms with Crippen LogP contribution in [0.25, 0.3) is 33.2 Å². The number of hydrogen-bond acceptors (Lipinski definition) is 3.